The summed E-state index contributed by atoms with van der Waals surface area (Å²) < 4.78 is 5.53. The van der Waals surface area contributed by atoms with Crippen molar-refractivity contribution in [3.8, 4) is 0 Å². The number of aryl methyl sites for hydroxylation is 1. The number of H-pyrrole nitrogens is 1. The second kappa shape index (κ2) is 6.58. The number of piperidine rings is 1. The van der Waals surface area contributed by atoms with E-state index in [2.05, 4.69) is 15.3 Å². The Morgan fingerprint density at radius 3 is 2.91 bits per heavy atom. The summed E-state index contributed by atoms with van der Waals surface area (Å²) in [4.78, 5) is 33.4. The van der Waals surface area contributed by atoms with Crippen molar-refractivity contribution in [1.29, 1.82) is 0 Å². The Kier molecular flexibility index (Phi) is 4.54. The number of amides is 1. The van der Waals surface area contributed by atoms with E-state index >= 15 is 0 Å². The molecule has 0 unspecified atom stereocenters. The van der Waals surface area contributed by atoms with E-state index in [0.717, 1.165) is 25.9 Å². The molecule has 22 heavy (non-hydrogen) atoms. The average molecular weight is 306 g/mol. The van der Waals surface area contributed by atoms with Crippen molar-refractivity contribution in [2.45, 2.75) is 25.8 Å². The molecule has 0 saturated carbocycles. The maximum absolute atomic E-state index is 12.8. The Hall–Kier alpha value is -1.73. The number of hydrogen-bond acceptors (Lipinski definition) is 5. The summed E-state index contributed by atoms with van der Waals surface area (Å²) in [6.45, 7) is 5.00. The Morgan fingerprint density at radius 2 is 2.18 bits per heavy atom. The normalized spacial score (nSPS) is 23.5. The molecule has 1 amide bonds. The smallest absolute Gasteiger partial charge is 0.251 e. The largest absolute Gasteiger partial charge is 0.377 e. The molecule has 2 saturated heterocycles. The molecule has 0 bridgehead atoms. The Bertz CT molecular complexity index is 595. The van der Waals surface area contributed by atoms with E-state index in [9.17, 15) is 9.59 Å². The number of rotatable bonds is 2. The number of nitrogens with one attached hydrogen (secondary N) is 2. The van der Waals surface area contributed by atoms with E-state index in [4.69, 9.17) is 4.74 Å². The Balaban J connectivity index is 1.84. The Morgan fingerprint density at radius 1 is 1.41 bits per heavy atom. The molecule has 7 heteroatoms. The SMILES string of the molecule is Cc1nc([C@@H]2COCCN2C(=O)C2CCNCC2)cc(=O)[nH]1. The first kappa shape index (κ1) is 15.2. The van der Waals surface area contributed by atoms with Crippen LogP contribution in [0.2, 0.25) is 0 Å². The van der Waals surface area contributed by atoms with Crippen LogP contribution in [0.4, 0.5) is 0 Å². The van der Waals surface area contributed by atoms with E-state index in [1.807, 2.05) is 4.90 Å². The molecule has 1 aromatic rings. The van der Waals surface area contributed by atoms with Crippen LogP contribution in [0.15, 0.2) is 10.9 Å². The van der Waals surface area contributed by atoms with Crippen LogP contribution >= 0.6 is 0 Å². The van der Waals surface area contributed by atoms with Gasteiger partial charge in [-0.25, -0.2) is 4.98 Å². The van der Waals surface area contributed by atoms with Gasteiger partial charge in [-0.05, 0) is 32.9 Å². The van der Waals surface area contributed by atoms with Crippen LogP contribution in [-0.4, -0.2) is 53.6 Å². The minimum Gasteiger partial charge on any atom is -0.377 e. The van der Waals surface area contributed by atoms with Crippen molar-refractivity contribution < 1.29 is 9.53 Å². The highest BCUT2D eigenvalue weighted by Crippen LogP contribution is 2.26. The zero-order valence-electron chi connectivity index (χ0n) is 12.8. The number of aromatic amines is 1. The van der Waals surface area contributed by atoms with Gasteiger partial charge in [-0.1, -0.05) is 0 Å². The van der Waals surface area contributed by atoms with Gasteiger partial charge in [0.05, 0.1) is 24.9 Å². The van der Waals surface area contributed by atoms with E-state index in [0.29, 0.717) is 31.3 Å². The van der Waals surface area contributed by atoms with Gasteiger partial charge in [0.15, 0.2) is 0 Å². The second-order valence-corrected chi connectivity index (χ2v) is 5.90. The molecule has 120 valence electrons. The molecule has 0 aromatic carbocycles. The standard InChI is InChI=1S/C15H22N4O3/c1-10-17-12(8-14(20)18-10)13-9-22-7-6-19(13)15(21)11-2-4-16-5-3-11/h8,11,13,16H,2-7,9H2,1H3,(H,17,18,20)/t13-/m0/s1. The molecule has 0 aliphatic carbocycles. The molecule has 2 aliphatic heterocycles. The minimum atomic E-state index is -0.267. The number of aromatic nitrogens is 2. The monoisotopic (exact) mass is 306 g/mol. The van der Waals surface area contributed by atoms with Gasteiger partial charge in [0.1, 0.15) is 5.82 Å². The predicted molar refractivity (Wildman–Crippen MR) is 80.5 cm³/mol. The van der Waals surface area contributed by atoms with Crippen LogP contribution in [0.3, 0.4) is 0 Å². The van der Waals surface area contributed by atoms with Crippen molar-refractivity contribution in [3.63, 3.8) is 0 Å². The summed E-state index contributed by atoms with van der Waals surface area (Å²) in [5.74, 6) is 0.779. The third kappa shape index (κ3) is 3.20. The molecule has 2 N–H and O–H groups in total. The number of ether oxygens (including phenoxy) is 1. The zero-order valence-corrected chi connectivity index (χ0v) is 12.8. The summed E-state index contributed by atoms with van der Waals surface area (Å²) in [6, 6.07) is 1.20. The third-order valence-electron chi connectivity index (χ3n) is 4.32. The first-order chi connectivity index (χ1) is 10.6. The quantitative estimate of drug-likeness (QED) is 0.802. The van der Waals surface area contributed by atoms with E-state index in [1.165, 1.54) is 6.07 Å². The first-order valence-corrected chi connectivity index (χ1v) is 7.82. The zero-order chi connectivity index (χ0) is 15.5. The first-order valence-electron chi connectivity index (χ1n) is 7.82. The fourth-order valence-corrected chi connectivity index (χ4v) is 3.19. The molecular weight excluding hydrogens is 284 g/mol. The van der Waals surface area contributed by atoms with Crippen molar-refractivity contribution in [1.82, 2.24) is 20.2 Å². The summed E-state index contributed by atoms with van der Waals surface area (Å²) in [5, 5.41) is 3.28. The molecule has 3 rings (SSSR count). The predicted octanol–water partition coefficient (Wildman–Crippen LogP) is -0.0222. The number of morpholine rings is 1. The van der Waals surface area contributed by atoms with Crippen LogP contribution < -0.4 is 10.9 Å². The Labute approximate surface area is 129 Å². The van der Waals surface area contributed by atoms with Gasteiger partial charge in [-0.15, -0.1) is 0 Å². The van der Waals surface area contributed by atoms with Gasteiger partial charge >= 0.3 is 0 Å². The summed E-state index contributed by atoms with van der Waals surface area (Å²) in [6.07, 6.45) is 1.73. The van der Waals surface area contributed by atoms with Crippen molar-refractivity contribution in [2.75, 3.05) is 32.8 Å². The highest BCUT2D eigenvalue weighted by molar-refractivity contribution is 5.79. The van der Waals surface area contributed by atoms with Gasteiger partial charge in [0, 0.05) is 18.5 Å². The maximum Gasteiger partial charge on any atom is 0.251 e. The third-order valence-corrected chi connectivity index (χ3v) is 4.32. The lowest BCUT2D eigenvalue weighted by Crippen LogP contribution is -2.48. The fourth-order valence-electron chi connectivity index (χ4n) is 3.19. The topological polar surface area (TPSA) is 87.3 Å². The minimum absolute atomic E-state index is 0.0601. The second-order valence-electron chi connectivity index (χ2n) is 5.90. The lowest BCUT2D eigenvalue weighted by Gasteiger charge is -2.38. The lowest BCUT2D eigenvalue weighted by atomic mass is 9.95. The summed E-state index contributed by atoms with van der Waals surface area (Å²) >= 11 is 0. The lowest BCUT2D eigenvalue weighted by molar-refractivity contribution is -0.145. The van der Waals surface area contributed by atoms with E-state index in [1.54, 1.807) is 6.92 Å². The van der Waals surface area contributed by atoms with Gasteiger partial charge in [-0.2, -0.15) is 0 Å². The van der Waals surface area contributed by atoms with Crippen LogP contribution in [-0.2, 0) is 9.53 Å². The maximum atomic E-state index is 12.8. The van der Waals surface area contributed by atoms with Crippen molar-refractivity contribution >= 4 is 5.91 Å². The molecule has 1 aromatic heterocycles. The van der Waals surface area contributed by atoms with E-state index < -0.39 is 0 Å². The molecule has 3 heterocycles. The highest BCUT2D eigenvalue weighted by Gasteiger charge is 2.34. The van der Waals surface area contributed by atoms with Crippen molar-refractivity contribution in [3.05, 3.63) is 27.9 Å². The van der Waals surface area contributed by atoms with Gasteiger partial charge in [0.2, 0.25) is 5.91 Å². The van der Waals surface area contributed by atoms with Crippen molar-refractivity contribution in [2.24, 2.45) is 5.92 Å². The van der Waals surface area contributed by atoms with Crippen LogP contribution in [0.1, 0.15) is 30.4 Å². The molecule has 0 spiro atoms. The highest BCUT2D eigenvalue weighted by atomic mass is 16.5. The van der Waals surface area contributed by atoms with Crippen LogP contribution in [0, 0.1) is 12.8 Å². The average Bonchev–Trinajstić information content (AvgIpc) is 2.54. The molecule has 0 radical (unpaired) electrons. The molecular formula is C15H22N4O3. The molecule has 2 fully saturated rings. The fraction of sp³-hybridized carbons (Fsp3) is 0.667. The van der Waals surface area contributed by atoms with E-state index in [-0.39, 0.29) is 23.4 Å². The number of nitrogens with zero attached hydrogens (tertiary/aromatic N) is 2. The van der Waals surface area contributed by atoms with Crippen LogP contribution in [0.5, 0.6) is 0 Å². The number of hydrogen-bond donors (Lipinski definition) is 2. The van der Waals surface area contributed by atoms with Gasteiger partial charge in [-0.3, -0.25) is 9.59 Å². The van der Waals surface area contributed by atoms with Gasteiger partial charge in [0.25, 0.3) is 5.56 Å². The summed E-state index contributed by atoms with van der Waals surface area (Å²) in [5.41, 5.74) is 0.422. The molecule has 2 aliphatic rings. The van der Waals surface area contributed by atoms with Gasteiger partial charge < -0.3 is 19.9 Å². The summed E-state index contributed by atoms with van der Waals surface area (Å²) in [7, 11) is 0. The number of carbonyl (C=O) groups excluding carboxylic acids is 1. The molecule has 7 nitrogen and oxygen atoms in total. The molecule has 1 atom stereocenters. The number of carbonyl (C=O) groups is 1. The van der Waals surface area contributed by atoms with Crippen LogP contribution in [0.25, 0.3) is 0 Å².